The van der Waals surface area contributed by atoms with E-state index in [2.05, 4.69) is 26.9 Å². The summed E-state index contributed by atoms with van der Waals surface area (Å²) in [6, 6.07) is 3.33. The molecule has 0 atom stereocenters. The minimum atomic E-state index is -3.56. The first kappa shape index (κ1) is 23.6. The van der Waals surface area contributed by atoms with Crippen molar-refractivity contribution < 1.29 is 22.5 Å². The molecule has 1 amide bonds. The average molecular weight is 479 g/mol. The lowest BCUT2D eigenvalue weighted by atomic mass is 10.2. The van der Waals surface area contributed by atoms with E-state index in [1.54, 1.807) is 12.1 Å². The highest BCUT2D eigenvalue weighted by Crippen LogP contribution is 2.20. The number of carbonyl (C=O) groups excluding carboxylic acids is 1. The largest absolute Gasteiger partial charge is 0.379 e. The van der Waals surface area contributed by atoms with E-state index < -0.39 is 10.0 Å². The van der Waals surface area contributed by atoms with Gasteiger partial charge < -0.3 is 19.1 Å². The Kier molecular flexibility index (Phi) is 7.56. The van der Waals surface area contributed by atoms with Crippen LogP contribution in [0, 0.1) is 0 Å². The van der Waals surface area contributed by atoms with Gasteiger partial charge in [-0.05, 0) is 18.6 Å². The lowest BCUT2D eigenvalue weighted by Gasteiger charge is -2.35. The molecule has 4 rings (SSSR count). The van der Waals surface area contributed by atoms with Gasteiger partial charge in [-0.2, -0.15) is 9.29 Å². The Bertz CT molecular complexity index is 1030. The maximum atomic E-state index is 12.7. The highest BCUT2D eigenvalue weighted by atomic mass is 32.2. The first-order valence-electron chi connectivity index (χ1n) is 11.4. The Labute approximate surface area is 193 Å². The summed E-state index contributed by atoms with van der Waals surface area (Å²) in [4.78, 5) is 25.3. The molecule has 2 aliphatic rings. The third-order valence-corrected chi connectivity index (χ3v) is 7.70. The van der Waals surface area contributed by atoms with E-state index in [-0.39, 0.29) is 10.8 Å². The van der Waals surface area contributed by atoms with Gasteiger partial charge in [-0.3, -0.25) is 4.79 Å². The summed E-state index contributed by atoms with van der Waals surface area (Å²) in [5, 5.41) is 3.92. The van der Waals surface area contributed by atoms with E-state index in [0.29, 0.717) is 82.9 Å². The molecule has 11 nitrogen and oxygen atoms in total. The highest BCUT2D eigenvalue weighted by Gasteiger charge is 2.27. The van der Waals surface area contributed by atoms with Gasteiger partial charge >= 0.3 is 0 Å². The standard InChI is InChI=1S/C21H30N6O5S/c1-2-3-18-23-20(32-24-18)6-7-21(28)26-10-8-25(9-11-26)19-5-4-17(16-22-19)33(29,30)27-12-14-31-15-13-27/h4-5,16H,2-3,6-15H2,1H3. The zero-order valence-corrected chi connectivity index (χ0v) is 19.7. The third kappa shape index (κ3) is 5.68. The molecule has 0 aromatic carbocycles. The fourth-order valence-electron chi connectivity index (χ4n) is 3.92. The zero-order valence-electron chi connectivity index (χ0n) is 18.9. The van der Waals surface area contributed by atoms with E-state index in [9.17, 15) is 13.2 Å². The van der Waals surface area contributed by atoms with Crippen LogP contribution in [-0.2, 0) is 32.4 Å². The smallest absolute Gasteiger partial charge is 0.244 e. The van der Waals surface area contributed by atoms with Crippen LogP contribution in [0.2, 0.25) is 0 Å². The Morgan fingerprint density at radius 3 is 2.48 bits per heavy atom. The molecule has 2 aliphatic heterocycles. The van der Waals surface area contributed by atoms with Crippen LogP contribution in [0.25, 0.3) is 0 Å². The number of hydrogen-bond donors (Lipinski definition) is 0. The van der Waals surface area contributed by atoms with Crippen molar-refractivity contribution in [3.63, 3.8) is 0 Å². The Morgan fingerprint density at radius 2 is 1.82 bits per heavy atom. The van der Waals surface area contributed by atoms with Crippen LogP contribution in [0.1, 0.15) is 31.5 Å². The van der Waals surface area contributed by atoms with E-state index >= 15 is 0 Å². The summed E-state index contributed by atoms with van der Waals surface area (Å²) in [5.41, 5.74) is 0. The van der Waals surface area contributed by atoms with Crippen molar-refractivity contribution in [1.29, 1.82) is 0 Å². The van der Waals surface area contributed by atoms with Crippen molar-refractivity contribution in [1.82, 2.24) is 24.3 Å². The number of pyridine rings is 1. The number of amides is 1. The van der Waals surface area contributed by atoms with Gasteiger partial charge in [-0.1, -0.05) is 12.1 Å². The lowest BCUT2D eigenvalue weighted by molar-refractivity contribution is -0.131. The monoisotopic (exact) mass is 478 g/mol. The zero-order chi connectivity index (χ0) is 23.3. The first-order chi connectivity index (χ1) is 16.0. The second-order valence-corrected chi connectivity index (χ2v) is 10.0. The van der Waals surface area contributed by atoms with Crippen LogP contribution in [0.5, 0.6) is 0 Å². The molecule has 0 bridgehead atoms. The molecule has 12 heteroatoms. The Morgan fingerprint density at radius 1 is 1.06 bits per heavy atom. The van der Waals surface area contributed by atoms with Crippen LogP contribution in [-0.4, -0.2) is 91.1 Å². The van der Waals surface area contributed by atoms with Crippen LogP contribution < -0.4 is 4.90 Å². The lowest BCUT2D eigenvalue weighted by Crippen LogP contribution is -2.49. The van der Waals surface area contributed by atoms with Crippen molar-refractivity contribution >= 4 is 21.7 Å². The number of hydrogen-bond acceptors (Lipinski definition) is 9. The van der Waals surface area contributed by atoms with Crippen LogP contribution in [0.4, 0.5) is 5.82 Å². The molecule has 2 fully saturated rings. The van der Waals surface area contributed by atoms with Gasteiger partial charge in [0.05, 0.1) is 13.2 Å². The average Bonchev–Trinajstić information content (AvgIpc) is 3.31. The summed E-state index contributed by atoms with van der Waals surface area (Å²) in [7, 11) is -3.56. The van der Waals surface area contributed by atoms with Gasteiger partial charge in [0.15, 0.2) is 5.82 Å². The maximum absolute atomic E-state index is 12.7. The molecule has 0 N–H and O–H groups in total. The van der Waals surface area contributed by atoms with Gasteiger partial charge in [0.25, 0.3) is 0 Å². The number of aryl methyl sites for hydroxylation is 2. The molecule has 0 saturated carbocycles. The molecular formula is C21H30N6O5S. The molecule has 4 heterocycles. The number of sulfonamides is 1. The van der Waals surface area contributed by atoms with Crippen molar-refractivity contribution in [2.45, 2.75) is 37.5 Å². The summed E-state index contributed by atoms with van der Waals surface area (Å²) in [6.07, 6.45) is 3.91. The van der Waals surface area contributed by atoms with Gasteiger partial charge in [-0.15, -0.1) is 0 Å². The van der Waals surface area contributed by atoms with E-state index in [4.69, 9.17) is 9.26 Å². The number of morpholine rings is 1. The normalized spacial score (nSPS) is 18.0. The van der Waals surface area contributed by atoms with Crippen molar-refractivity contribution in [3.05, 3.63) is 30.0 Å². The van der Waals surface area contributed by atoms with E-state index in [1.165, 1.54) is 10.5 Å². The predicted octanol–water partition coefficient (Wildman–Crippen LogP) is 0.719. The molecule has 0 aliphatic carbocycles. The molecule has 0 unspecified atom stereocenters. The predicted molar refractivity (Wildman–Crippen MR) is 119 cm³/mol. The molecule has 2 aromatic heterocycles. The first-order valence-corrected chi connectivity index (χ1v) is 12.8. The molecule has 0 spiro atoms. The van der Waals surface area contributed by atoms with Gasteiger partial charge in [-0.25, -0.2) is 13.4 Å². The number of rotatable bonds is 8. The van der Waals surface area contributed by atoms with Crippen molar-refractivity contribution in [3.8, 4) is 0 Å². The van der Waals surface area contributed by atoms with Crippen LogP contribution >= 0.6 is 0 Å². The number of piperazine rings is 1. The van der Waals surface area contributed by atoms with Crippen molar-refractivity contribution in [2.75, 3.05) is 57.4 Å². The second kappa shape index (κ2) is 10.6. The SMILES string of the molecule is CCCc1noc(CCC(=O)N2CCN(c3ccc(S(=O)(=O)N4CCOCC4)cn3)CC2)n1. The molecule has 2 aromatic rings. The molecule has 33 heavy (non-hydrogen) atoms. The Hall–Kier alpha value is -2.57. The molecular weight excluding hydrogens is 448 g/mol. The van der Waals surface area contributed by atoms with E-state index in [1.807, 2.05) is 4.90 Å². The number of aromatic nitrogens is 3. The number of nitrogens with zero attached hydrogens (tertiary/aromatic N) is 6. The maximum Gasteiger partial charge on any atom is 0.244 e. The quantitative estimate of drug-likeness (QED) is 0.540. The van der Waals surface area contributed by atoms with Crippen LogP contribution in [0.3, 0.4) is 0 Å². The third-order valence-electron chi connectivity index (χ3n) is 5.82. The summed E-state index contributed by atoms with van der Waals surface area (Å²) in [6.45, 7) is 6.00. The number of carbonyl (C=O) groups is 1. The Balaban J connectivity index is 1.27. The van der Waals surface area contributed by atoms with Gasteiger partial charge in [0.2, 0.25) is 21.8 Å². The molecule has 2 saturated heterocycles. The van der Waals surface area contributed by atoms with Crippen molar-refractivity contribution in [2.24, 2.45) is 0 Å². The van der Waals surface area contributed by atoms with Gasteiger partial charge in [0, 0.05) is 64.7 Å². The minimum Gasteiger partial charge on any atom is -0.379 e. The van der Waals surface area contributed by atoms with Crippen LogP contribution in [0.15, 0.2) is 27.7 Å². The molecule has 0 radical (unpaired) electrons. The fourth-order valence-corrected chi connectivity index (χ4v) is 5.28. The summed E-state index contributed by atoms with van der Waals surface area (Å²) < 4.78 is 37.4. The fraction of sp³-hybridized carbons (Fsp3) is 0.619. The number of anilines is 1. The summed E-state index contributed by atoms with van der Waals surface area (Å²) >= 11 is 0. The van der Waals surface area contributed by atoms with E-state index in [0.717, 1.165) is 12.8 Å². The minimum absolute atomic E-state index is 0.0600. The van der Waals surface area contributed by atoms with Gasteiger partial charge in [0.1, 0.15) is 10.7 Å². The number of ether oxygens (including phenoxy) is 1. The second-order valence-electron chi connectivity index (χ2n) is 8.09. The molecule has 180 valence electrons. The topological polar surface area (TPSA) is 122 Å². The summed E-state index contributed by atoms with van der Waals surface area (Å²) in [5.74, 6) is 1.95. The highest BCUT2D eigenvalue weighted by molar-refractivity contribution is 7.89.